The largest absolute Gasteiger partial charge is 0.476 e. The number of hydrogen-bond donors (Lipinski definition) is 1. The molecule has 0 fully saturated rings. The van der Waals surface area contributed by atoms with Gasteiger partial charge in [0.2, 0.25) is 5.78 Å². The lowest BCUT2D eigenvalue weighted by molar-refractivity contribution is -0.151. The van der Waals surface area contributed by atoms with Gasteiger partial charge in [-0.05, 0) is 6.42 Å². The van der Waals surface area contributed by atoms with Gasteiger partial charge < -0.3 is 43.0 Å². The predicted molar refractivity (Wildman–Crippen MR) is 124 cm³/mol. The van der Waals surface area contributed by atoms with E-state index in [-0.39, 0.29) is 38.6 Å². The molecule has 36 heavy (non-hydrogen) atoms. The van der Waals surface area contributed by atoms with Gasteiger partial charge in [-0.2, -0.15) is 0 Å². The van der Waals surface area contributed by atoms with Gasteiger partial charge in [0.1, 0.15) is 13.2 Å². The van der Waals surface area contributed by atoms with Crippen LogP contribution in [-0.4, -0.2) is 121 Å². The minimum absolute atomic E-state index is 0.0137. The summed E-state index contributed by atoms with van der Waals surface area (Å²) in [6.45, 7) is 6.81. The minimum Gasteiger partial charge on any atom is -0.476 e. The molecule has 0 atom stereocenters. The zero-order valence-corrected chi connectivity index (χ0v) is 21.1. The van der Waals surface area contributed by atoms with E-state index in [1.54, 1.807) is 0 Å². The summed E-state index contributed by atoms with van der Waals surface area (Å²) in [5.74, 6) is -3.45. The highest BCUT2D eigenvalue weighted by Crippen LogP contribution is 1.95. The molecule has 1 N–H and O–H groups in total. The van der Waals surface area contributed by atoms with Crippen LogP contribution < -0.4 is 0 Å². The molecular formula is C23H40O13. The van der Waals surface area contributed by atoms with Crippen LogP contribution in [0.5, 0.6) is 0 Å². The Morgan fingerprint density at radius 3 is 1.08 bits per heavy atom. The molecule has 0 bridgehead atoms. The van der Waals surface area contributed by atoms with Crippen molar-refractivity contribution in [1.82, 2.24) is 0 Å². The van der Waals surface area contributed by atoms with Crippen molar-refractivity contribution in [2.24, 2.45) is 0 Å². The van der Waals surface area contributed by atoms with Crippen LogP contribution in [0.1, 0.15) is 32.6 Å². The summed E-state index contributed by atoms with van der Waals surface area (Å²) in [5.41, 5.74) is 0. The molecule has 0 spiro atoms. The number of rotatable bonds is 27. The third kappa shape index (κ3) is 24.9. The monoisotopic (exact) mass is 524 g/mol. The fourth-order valence-electron chi connectivity index (χ4n) is 2.30. The summed E-state index contributed by atoms with van der Waals surface area (Å²) in [6.07, 6.45) is 0.536. The summed E-state index contributed by atoms with van der Waals surface area (Å²) in [4.78, 5) is 43.6. The number of esters is 2. The van der Waals surface area contributed by atoms with Crippen LogP contribution >= 0.6 is 0 Å². The van der Waals surface area contributed by atoms with Gasteiger partial charge >= 0.3 is 17.9 Å². The van der Waals surface area contributed by atoms with Crippen LogP contribution in [0.2, 0.25) is 0 Å². The minimum atomic E-state index is -1.56. The van der Waals surface area contributed by atoms with Gasteiger partial charge in [-0.15, -0.1) is 0 Å². The van der Waals surface area contributed by atoms with Crippen LogP contribution in [0.25, 0.3) is 0 Å². The first kappa shape index (κ1) is 33.8. The number of Topliss-reactive ketones (excluding diaryl/α,β-unsaturated/α-hetero) is 1. The number of hydrogen-bond acceptors (Lipinski definition) is 12. The normalized spacial score (nSPS) is 10.8. The quantitative estimate of drug-likeness (QED) is 0.0893. The first-order chi connectivity index (χ1) is 17.5. The van der Waals surface area contributed by atoms with E-state index in [1.165, 1.54) is 0 Å². The number of aliphatic carboxylic acids is 1. The molecule has 0 saturated heterocycles. The maximum absolute atomic E-state index is 11.3. The predicted octanol–water partition coefficient (Wildman–Crippen LogP) is 0.406. The van der Waals surface area contributed by atoms with Gasteiger partial charge in [-0.25, -0.2) is 4.79 Å². The van der Waals surface area contributed by atoms with Gasteiger partial charge in [0, 0.05) is 12.8 Å². The molecule has 0 rings (SSSR count). The second kappa shape index (κ2) is 25.9. The Bertz CT molecular complexity index is 582. The van der Waals surface area contributed by atoms with E-state index in [0.717, 1.165) is 6.42 Å². The molecule has 0 amide bonds. The van der Waals surface area contributed by atoms with Crippen molar-refractivity contribution < 1.29 is 62.2 Å². The van der Waals surface area contributed by atoms with E-state index in [4.69, 9.17) is 43.0 Å². The summed E-state index contributed by atoms with van der Waals surface area (Å²) < 4.78 is 41.7. The van der Waals surface area contributed by atoms with Crippen molar-refractivity contribution in [3.63, 3.8) is 0 Å². The number of carbonyl (C=O) groups is 4. The van der Waals surface area contributed by atoms with E-state index < -0.39 is 17.7 Å². The van der Waals surface area contributed by atoms with Gasteiger partial charge in [0.15, 0.2) is 0 Å². The SMILES string of the molecule is CCCC(=O)OCCOCCOCCOCCOCCOCCOCCOC(=O)CCC(=O)C(=O)O. The highest BCUT2D eigenvalue weighted by Gasteiger charge is 2.14. The molecule has 0 aromatic rings. The van der Waals surface area contributed by atoms with E-state index in [9.17, 15) is 19.2 Å². The molecule has 210 valence electrons. The highest BCUT2D eigenvalue weighted by molar-refractivity contribution is 6.32. The van der Waals surface area contributed by atoms with E-state index in [0.29, 0.717) is 79.1 Å². The molecule has 0 aliphatic carbocycles. The second-order valence-electron chi connectivity index (χ2n) is 7.09. The van der Waals surface area contributed by atoms with Crippen molar-refractivity contribution in [1.29, 1.82) is 0 Å². The van der Waals surface area contributed by atoms with Crippen LogP contribution in [0.4, 0.5) is 0 Å². The summed E-state index contributed by atoms with van der Waals surface area (Å²) >= 11 is 0. The van der Waals surface area contributed by atoms with Crippen LogP contribution in [0.3, 0.4) is 0 Å². The zero-order chi connectivity index (χ0) is 26.7. The molecule has 0 heterocycles. The third-order valence-corrected chi connectivity index (χ3v) is 4.09. The first-order valence-electron chi connectivity index (χ1n) is 12.0. The van der Waals surface area contributed by atoms with Gasteiger partial charge in [0.05, 0.1) is 85.7 Å². The standard InChI is InChI=1S/C23H40O13/c1-2-3-21(25)35-18-16-33-14-12-31-10-8-29-6-7-30-9-11-32-13-15-34-17-19-36-22(26)5-4-20(24)23(27)28/h2-19H2,1H3,(H,27,28). The smallest absolute Gasteiger partial charge is 0.372 e. The molecule has 0 radical (unpaired) electrons. The number of ketones is 1. The lowest BCUT2D eigenvalue weighted by Gasteiger charge is -2.08. The average Bonchev–Trinajstić information content (AvgIpc) is 2.85. The molecule has 0 aliphatic heterocycles. The summed E-state index contributed by atoms with van der Waals surface area (Å²) in [5, 5.41) is 8.41. The maximum Gasteiger partial charge on any atom is 0.372 e. The molecule has 0 saturated carbocycles. The van der Waals surface area contributed by atoms with Crippen molar-refractivity contribution in [3.05, 3.63) is 0 Å². The molecule has 0 unspecified atom stereocenters. The van der Waals surface area contributed by atoms with Crippen molar-refractivity contribution >= 4 is 23.7 Å². The van der Waals surface area contributed by atoms with Crippen LogP contribution in [0, 0.1) is 0 Å². The van der Waals surface area contributed by atoms with E-state index in [1.807, 2.05) is 6.92 Å². The van der Waals surface area contributed by atoms with Gasteiger partial charge in [-0.1, -0.05) is 6.92 Å². The van der Waals surface area contributed by atoms with Crippen molar-refractivity contribution in [2.75, 3.05) is 92.5 Å². The number of ether oxygens (including phenoxy) is 8. The Morgan fingerprint density at radius 2 is 0.778 bits per heavy atom. The second-order valence-corrected chi connectivity index (χ2v) is 7.09. The number of carboxylic acids is 1. The topological polar surface area (TPSA) is 162 Å². The van der Waals surface area contributed by atoms with Gasteiger partial charge in [0.25, 0.3) is 0 Å². The summed E-state index contributed by atoms with van der Waals surface area (Å²) in [6, 6.07) is 0. The average molecular weight is 525 g/mol. The Labute approximate surface area is 211 Å². The lowest BCUT2D eigenvalue weighted by Crippen LogP contribution is -2.17. The Hall–Kier alpha value is -2.16. The lowest BCUT2D eigenvalue weighted by atomic mass is 10.2. The third-order valence-electron chi connectivity index (χ3n) is 4.09. The number of carboxylic acid groups (broad SMARTS) is 1. The van der Waals surface area contributed by atoms with E-state index >= 15 is 0 Å². The zero-order valence-electron chi connectivity index (χ0n) is 21.1. The highest BCUT2D eigenvalue weighted by atomic mass is 16.6. The van der Waals surface area contributed by atoms with Crippen molar-refractivity contribution in [3.8, 4) is 0 Å². The fourth-order valence-corrected chi connectivity index (χ4v) is 2.30. The summed E-state index contributed by atoms with van der Waals surface area (Å²) in [7, 11) is 0. The Kier molecular flexibility index (Phi) is 24.4. The molecule has 0 aromatic carbocycles. The fraction of sp³-hybridized carbons (Fsp3) is 0.826. The number of carbonyl (C=O) groups excluding carboxylic acids is 3. The molecular weight excluding hydrogens is 484 g/mol. The molecule has 13 heteroatoms. The molecule has 0 aromatic heterocycles. The van der Waals surface area contributed by atoms with E-state index in [2.05, 4.69) is 0 Å². The molecule has 13 nitrogen and oxygen atoms in total. The molecule has 0 aliphatic rings. The Balaban J connectivity index is 3.18. The Morgan fingerprint density at radius 1 is 0.472 bits per heavy atom. The van der Waals surface area contributed by atoms with Crippen LogP contribution in [-0.2, 0) is 57.1 Å². The van der Waals surface area contributed by atoms with Gasteiger partial charge in [-0.3, -0.25) is 14.4 Å². The van der Waals surface area contributed by atoms with Crippen molar-refractivity contribution in [2.45, 2.75) is 32.6 Å². The van der Waals surface area contributed by atoms with Crippen LogP contribution in [0.15, 0.2) is 0 Å². The maximum atomic E-state index is 11.3. The first-order valence-corrected chi connectivity index (χ1v) is 12.0.